The summed E-state index contributed by atoms with van der Waals surface area (Å²) in [6.45, 7) is 6.43. The average molecular weight is 589 g/mol. The minimum atomic E-state index is -1.09. The topological polar surface area (TPSA) is 113 Å². The number of carbonyl (C=O) groups is 3. The van der Waals surface area contributed by atoms with Gasteiger partial charge >= 0.3 is 11.9 Å². The van der Waals surface area contributed by atoms with Crippen LogP contribution in [-0.4, -0.2) is 42.1 Å². The number of carbonyl (C=O) groups excluding carboxylic acids is 3. The summed E-state index contributed by atoms with van der Waals surface area (Å²) in [5, 5.41) is 3.29. The Morgan fingerprint density at radius 1 is 0.900 bits per heavy atom. The van der Waals surface area contributed by atoms with Gasteiger partial charge in [-0.15, -0.1) is 0 Å². The largest absolute Gasteiger partial charge is 0.493 e. The average Bonchev–Trinajstić information content (AvgIpc) is 2.92. The summed E-state index contributed by atoms with van der Waals surface area (Å²) >= 11 is 12.3. The molecule has 0 aliphatic carbocycles. The van der Waals surface area contributed by atoms with Crippen LogP contribution >= 0.6 is 23.2 Å². The highest BCUT2D eigenvalue weighted by molar-refractivity contribution is 6.35. The number of esters is 2. The maximum absolute atomic E-state index is 13.1. The molecule has 3 rings (SSSR count). The predicted octanol–water partition coefficient (Wildman–Crippen LogP) is 5.83. The fourth-order valence-corrected chi connectivity index (χ4v) is 3.98. The smallest absolute Gasteiger partial charge is 0.328 e. The van der Waals surface area contributed by atoms with E-state index in [1.165, 1.54) is 26.3 Å². The van der Waals surface area contributed by atoms with Crippen LogP contribution in [-0.2, 0) is 14.3 Å². The van der Waals surface area contributed by atoms with E-state index in [1.807, 2.05) is 30.3 Å². The summed E-state index contributed by atoms with van der Waals surface area (Å²) in [5.74, 6) is -2.17. The Bertz CT molecular complexity index is 1350. The second kappa shape index (κ2) is 14.0. The first-order valence-electron chi connectivity index (χ1n) is 12.4. The third-order valence-corrected chi connectivity index (χ3v) is 6.21. The molecule has 0 radical (unpaired) electrons. The number of pyridine rings is 1. The lowest BCUT2D eigenvalue weighted by molar-refractivity contribution is -0.154. The monoisotopic (exact) mass is 588 g/mol. The van der Waals surface area contributed by atoms with E-state index < -0.39 is 42.0 Å². The first kappa shape index (κ1) is 30.7. The number of nitrogens with zero attached hydrogens (tertiary/aromatic N) is 1. The van der Waals surface area contributed by atoms with Crippen molar-refractivity contribution in [1.29, 1.82) is 0 Å². The summed E-state index contributed by atoms with van der Waals surface area (Å²) in [5.41, 5.74) is 0.520. The van der Waals surface area contributed by atoms with E-state index in [1.54, 1.807) is 39.0 Å². The summed E-state index contributed by atoms with van der Waals surface area (Å²) in [7, 11) is 1.37. The number of benzene rings is 2. The molecular weight excluding hydrogens is 559 g/mol. The van der Waals surface area contributed by atoms with Crippen molar-refractivity contribution in [3.63, 3.8) is 0 Å². The van der Waals surface area contributed by atoms with E-state index in [-0.39, 0.29) is 17.2 Å². The van der Waals surface area contributed by atoms with E-state index in [4.69, 9.17) is 42.1 Å². The van der Waals surface area contributed by atoms with E-state index in [2.05, 4.69) is 10.3 Å². The van der Waals surface area contributed by atoms with Crippen molar-refractivity contribution in [2.75, 3.05) is 7.11 Å². The number of methoxy groups -OCH3 is 1. The van der Waals surface area contributed by atoms with Gasteiger partial charge in [-0.3, -0.25) is 9.59 Å². The third-order valence-electron chi connectivity index (χ3n) is 5.68. The van der Waals surface area contributed by atoms with E-state index >= 15 is 0 Å². The van der Waals surface area contributed by atoms with Gasteiger partial charge in [0.05, 0.1) is 18.1 Å². The van der Waals surface area contributed by atoms with Crippen LogP contribution in [0.2, 0.25) is 10.0 Å². The zero-order valence-electron chi connectivity index (χ0n) is 22.6. The zero-order chi connectivity index (χ0) is 29.4. The molecule has 1 N–H and O–H groups in total. The lowest BCUT2D eigenvalue weighted by Gasteiger charge is -2.27. The van der Waals surface area contributed by atoms with Crippen molar-refractivity contribution in [3.05, 3.63) is 82.1 Å². The molecule has 1 amide bonds. The van der Waals surface area contributed by atoms with Gasteiger partial charge in [0, 0.05) is 17.3 Å². The molecule has 0 unspecified atom stereocenters. The number of hydrogen-bond donors (Lipinski definition) is 1. The third kappa shape index (κ3) is 7.86. The Labute approximate surface area is 242 Å². The Morgan fingerprint density at radius 2 is 1.60 bits per heavy atom. The van der Waals surface area contributed by atoms with Crippen LogP contribution < -0.4 is 19.5 Å². The summed E-state index contributed by atoms with van der Waals surface area (Å²) in [6, 6.07) is 14.4. The number of nitrogens with one attached hydrogen (secondary N) is 1. The van der Waals surface area contributed by atoms with Crippen molar-refractivity contribution in [2.45, 2.75) is 45.9 Å². The molecule has 2 aromatic carbocycles. The molecular formula is C29H30Cl2N2O7. The molecule has 40 heavy (non-hydrogen) atoms. The van der Waals surface area contributed by atoms with Gasteiger partial charge in [-0.05, 0) is 37.6 Å². The fraction of sp³-hybridized carbons (Fsp3) is 0.310. The normalized spacial score (nSPS) is 13.1. The maximum atomic E-state index is 13.1. The molecule has 3 aromatic rings. The Balaban J connectivity index is 1.76. The van der Waals surface area contributed by atoms with Gasteiger partial charge in [0.1, 0.15) is 17.9 Å². The minimum Gasteiger partial charge on any atom is -0.493 e. The molecule has 1 heterocycles. The number of halogens is 2. The summed E-state index contributed by atoms with van der Waals surface area (Å²) < 4.78 is 22.4. The first-order valence-corrected chi connectivity index (χ1v) is 13.2. The minimum absolute atomic E-state index is 0.140. The number of ether oxygens (including phenoxy) is 4. The Kier molecular flexibility index (Phi) is 10.8. The quantitative estimate of drug-likeness (QED) is 0.278. The van der Waals surface area contributed by atoms with Crippen LogP contribution in [0.5, 0.6) is 17.2 Å². The fourth-order valence-electron chi connectivity index (χ4n) is 3.53. The maximum Gasteiger partial charge on any atom is 0.328 e. The van der Waals surface area contributed by atoms with Gasteiger partial charge in [0.25, 0.3) is 5.91 Å². The van der Waals surface area contributed by atoms with Crippen LogP contribution in [0.4, 0.5) is 0 Å². The SMILES string of the molecule is COc1ccnc(C(=O)N[C@@H](C)C(=O)O[C@@H](C)[C@@H](Oc2ccc(Cl)cc2Cl)c2ccccc2)c1OC(=O)C(C)C. The molecule has 11 heteroatoms. The van der Waals surface area contributed by atoms with Crippen molar-refractivity contribution in [1.82, 2.24) is 10.3 Å². The van der Waals surface area contributed by atoms with Crippen LogP contribution in [0.1, 0.15) is 49.9 Å². The molecule has 212 valence electrons. The number of amides is 1. The number of hydrogen-bond acceptors (Lipinski definition) is 8. The highest BCUT2D eigenvalue weighted by Gasteiger charge is 2.30. The molecule has 0 fully saturated rings. The second-order valence-corrected chi connectivity index (χ2v) is 9.97. The molecule has 9 nitrogen and oxygen atoms in total. The number of rotatable bonds is 11. The van der Waals surface area contributed by atoms with Crippen molar-refractivity contribution >= 4 is 41.0 Å². The summed E-state index contributed by atoms with van der Waals surface area (Å²) in [6.07, 6.45) is -0.192. The molecule has 0 aliphatic rings. The lowest BCUT2D eigenvalue weighted by atomic mass is 10.0. The zero-order valence-corrected chi connectivity index (χ0v) is 24.2. The second-order valence-electron chi connectivity index (χ2n) is 9.13. The van der Waals surface area contributed by atoms with Crippen LogP contribution in [0.15, 0.2) is 60.8 Å². The van der Waals surface area contributed by atoms with Crippen molar-refractivity contribution in [3.8, 4) is 17.2 Å². The van der Waals surface area contributed by atoms with E-state index in [0.29, 0.717) is 15.8 Å². The van der Waals surface area contributed by atoms with Crippen LogP contribution in [0, 0.1) is 5.92 Å². The first-order chi connectivity index (χ1) is 19.0. The molecule has 1 aromatic heterocycles. The highest BCUT2D eigenvalue weighted by Crippen LogP contribution is 2.34. The molecule has 0 saturated carbocycles. The Morgan fingerprint density at radius 3 is 2.23 bits per heavy atom. The van der Waals surface area contributed by atoms with Gasteiger partial charge in [-0.1, -0.05) is 67.4 Å². The van der Waals surface area contributed by atoms with Gasteiger partial charge < -0.3 is 24.3 Å². The molecule has 0 bridgehead atoms. The van der Waals surface area contributed by atoms with Crippen LogP contribution in [0.25, 0.3) is 0 Å². The summed E-state index contributed by atoms with van der Waals surface area (Å²) in [4.78, 5) is 42.4. The van der Waals surface area contributed by atoms with Gasteiger partial charge in [0.2, 0.25) is 5.75 Å². The molecule has 0 aliphatic heterocycles. The van der Waals surface area contributed by atoms with Gasteiger partial charge in [-0.2, -0.15) is 0 Å². The van der Waals surface area contributed by atoms with Crippen LogP contribution in [0.3, 0.4) is 0 Å². The highest BCUT2D eigenvalue weighted by atomic mass is 35.5. The molecule has 3 atom stereocenters. The van der Waals surface area contributed by atoms with E-state index in [9.17, 15) is 14.4 Å². The van der Waals surface area contributed by atoms with E-state index in [0.717, 1.165) is 5.56 Å². The van der Waals surface area contributed by atoms with Gasteiger partial charge in [0.15, 0.2) is 17.5 Å². The van der Waals surface area contributed by atoms with Crippen molar-refractivity contribution < 1.29 is 33.3 Å². The standard InChI is InChI=1S/C29H30Cl2N2O7/c1-16(2)28(35)40-26-23(37-5)13-14-32-24(26)27(34)33-17(3)29(36)38-18(4)25(19-9-7-6-8-10-19)39-22-12-11-20(30)15-21(22)31/h6-18,25H,1-5H3,(H,33,34)/t17-,18-,25+/m0/s1. The molecule has 0 spiro atoms. The number of aromatic nitrogens is 1. The van der Waals surface area contributed by atoms with Gasteiger partial charge in [-0.25, -0.2) is 9.78 Å². The Hall–Kier alpha value is -3.82. The lowest BCUT2D eigenvalue weighted by Crippen LogP contribution is -2.42. The van der Waals surface area contributed by atoms with Crippen molar-refractivity contribution in [2.24, 2.45) is 5.92 Å². The molecule has 0 saturated heterocycles. The predicted molar refractivity (Wildman–Crippen MR) is 150 cm³/mol.